The fourth-order valence-corrected chi connectivity index (χ4v) is 3.65. The number of halogens is 1. The van der Waals surface area contributed by atoms with Gasteiger partial charge >= 0.3 is 5.69 Å². The Labute approximate surface area is 174 Å². The summed E-state index contributed by atoms with van der Waals surface area (Å²) in [5.74, 6) is 0.253. The van der Waals surface area contributed by atoms with Crippen LogP contribution in [-0.4, -0.2) is 35.2 Å². The molecule has 0 saturated carbocycles. The maximum absolute atomic E-state index is 12.7. The van der Waals surface area contributed by atoms with Crippen LogP contribution in [0.3, 0.4) is 0 Å². The van der Waals surface area contributed by atoms with Gasteiger partial charge in [0.25, 0.3) is 0 Å². The zero-order valence-electron chi connectivity index (χ0n) is 15.3. The smallest absolute Gasteiger partial charge is 0.340 e. The Kier molecular flexibility index (Phi) is 5.28. The standard InChI is InChI=1S/C18H16ClN7O2S/c1-24-9-8-20-17(24)16(12-4-6-13(19)7-5-12)21-14(27)11-25-18(28)26(23-22-25)15-3-2-10-29-15/h2-10,16H,11H2,1H3,(H,21,27). The normalized spacial score (nSPS) is 12.1. The number of rotatable bonds is 6. The zero-order valence-corrected chi connectivity index (χ0v) is 16.8. The molecule has 148 valence electrons. The fourth-order valence-electron chi connectivity index (χ4n) is 2.85. The number of amides is 1. The average molecular weight is 430 g/mol. The number of hydrogen-bond acceptors (Lipinski definition) is 6. The number of nitrogens with zero attached hydrogens (tertiary/aromatic N) is 6. The summed E-state index contributed by atoms with van der Waals surface area (Å²) in [7, 11) is 1.84. The Hall–Kier alpha value is -3.24. The van der Waals surface area contributed by atoms with Crippen LogP contribution in [0.2, 0.25) is 5.02 Å². The Morgan fingerprint density at radius 3 is 2.69 bits per heavy atom. The molecule has 4 aromatic rings. The van der Waals surface area contributed by atoms with Crippen molar-refractivity contribution in [3.05, 3.63) is 81.1 Å². The molecule has 0 saturated heterocycles. The van der Waals surface area contributed by atoms with Crippen LogP contribution in [0.5, 0.6) is 0 Å². The molecular weight excluding hydrogens is 414 g/mol. The minimum atomic E-state index is -0.511. The summed E-state index contributed by atoms with van der Waals surface area (Å²) in [6, 6.07) is 10.2. The molecule has 0 radical (unpaired) electrons. The third kappa shape index (κ3) is 3.98. The van der Waals surface area contributed by atoms with Gasteiger partial charge in [-0.1, -0.05) is 23.7 Å². The van der Waals surface area contributed by atoms with Gasteiger partial charge in [0, 0.05) is 24.5 Å². The fraction of sp³-hybridized carbons (Fsp3) is 0.167. The summed E-state index contributed by atoms with van der Waals surface area (Å²) in [5.41, 5.74) is 0.328. The van der Waals surface area contributed by atoms with E-state index in [0.717, 1.165) is 14.9 Å². The summed E-state index contributed by atoms with van der Waals surface area (Å²) >= 11 is 7.34. The lowest BCUT2D eigenvalue weighted by Gasteiger charge is -2.19. The number of carbonyl (C=O) groups excluding carboxylic acids is 1. The van der Waals surface area contributed by atoms with Gasteiger partial charge in [0.1, 0.15) is 23.4 Å². The number of aryl methyl sites for hydroxylation is 1. The van der Waals surface area contributed by atoms with E-state index in [9.17, 15) is 9.59 Å². The number of nitrogens with one attached hydrogen (secondary N) is 1. The van der Waals surface area contributed by atoms with Crippen LogP contribution >= 0.6 is 22.9 Å². The van der Waals surface area contributed by atoms with Crippen LogP contribution in [0.1, 0.15) is 17.4 Å². The van der Waals surface area contributed by atoms with Gasteiger partial charge in [-0.25, -0.2) is 9.78 Å². The van der Waals surface area contributed by atoms with E-state index in [-0.39, 0.29) is 6.54 Å². The van der Waals surface area contributed by atoms with Gasteiger partial charge in [0.15, 0.2) is 0 Å². The number of benzene rings is 1. The molecule has 0 spiro atoms. The van der Waals surface area contributed by atoms with E-state index in [4.69, 9.17) is 11.6 Å². The summed E-state index contributed by atoms with van der Waals surface area (Å²) in [5, 5.41) is 13.6. The molecule has 11 heteroatoms. The zero-order chi connectivity index (χ0) is 20.4. The number of hydrogen-bond donors (Lipinski definition) is 1. The first kappa shape index (κ1) is 19.1. The highest BCUT2D eigenvalue weighted by Gasteiger charge is 2.22. The Morgan fingerprint density at radius 1 is 1.24 bits per heavy atom. The number of carbonyl (C=O) groups is 1. The summed E-state index contributed by atoms with van der Waals surface area (Å²) in [6.07, 6.45) is 3.45. The second kappa shape index (κ2) is 8.02. The van der Waals surface area contributed by atoms with Gasteiger partial charge in [0.2, 0.25) is 5.91 Å². The van der Waals surface area contributed by atoms with Gasteiger partial charge in [-0.3, -0.25) is 4.79 Å². The van der Waals surface area contributed by atoms with Crippen LogP contribution in [-0.2, 0) is 18.4 Å². The van der Waals surface area contributed by atoms with Crippen LogP contribution in [0, 0.1) is 0 Å². The topological polar surface area (TPSA) is 99.6 Å². The van der Waals surface area contributed by atoms with E-state index in [1.807, 2.05) is 35.2 Å². The number of aromatic nitrogens is 6. The molecule has 3 heterocycles. The SMILES string of the molecule is Cn1ccnc1C(NC(=O)Cn1nnn(-c2cccs2)c1=O)c1ccc(Cl)cc1. The van der Waals surface area contributed by atoms with E-state index in [1.54, 1.807) is 30.6 Å². The molecule has 3 aromatic heterocycles. The van der Waals surface area contributed by atoms with Crippen molar-refractivity contribution in [2.45, 2.75) is 12.6 Å². The second-order valence-corrected chi connectivity index (χ2v) is 7.59. The highest BCUT2D eigenvalue weighted by molar-refractivity contribution is 7.12. The average Bonchev–Trinajstić information content (AvgIpc) is 3.44. The van der Waals surface area contributed by atoms with E-state index < -0.39 is 17.6 Å². The number of tetrazole rings is 1. The van der Waals surface area contributed by atoms with Crippen molar-refractivity contribution in [3.63, 3.8) is 0 Å². The van der Waals surface area contributed by atoms with Crippen molar-refractivity contribution < 1.29 is 4.79 Å². The molecule has 0 aliphatic heterocycles. The van der Waals surface area contributed by atoms with Gasteiger partial charge in [-0.2, -0.15) is 9.36 Å². The molecule has 4 rings (SSSR count). The van der Waals surface area contributed by atoms with Crippen molar-refractivity contribution in [2.75, 3.05) is 0 Å². The second-order valence-electron chi connectivity index (χ2n) is 6.23. The summed E-state index contributed by atoms with van der Waals surface area (Å²) in [4.78, 5) is 29.5. The molecule has 0 aliphatic carbocycles. The quantitative estimate of drug-likeness (QED) is 0.503. The lowest BCUT2D eigenvalue weighted by molar-refractivity contribution is -0.122. The van der Waals surface area contributed by atoms with E-state index in [1.165, 1.54) is 11.3 Å². The van der Waals surface area contributed by atoms with Gasteiger partial charge in [0.05, 0.1) is 0 Å². The molecule has 1 aromatic carbocycles. The summed E-state index contributed by atoms with van der Waals surface area (Å²) in [6.45, 7) is -0.265. The Bertz CT molecular complexity index is 1180. The molecule has 1 amide bonds. The molecule has 1 unspecified atom stereocenters. The van der Waals surface area contributed by atoms with Crippen LogP contribution < -0.4 is 11.0 Å². The summed E-state index contributed by atoms with van der Waals surface area (Å²) < 4.78 is 4.00. The minimum absolute atomic E-state index is 0.265. The number of thiophene rings is 1. The molecule has 0 bridgehead atoms. The largest absolute Gasteiger partial charge is 0.369 e. The van der Waals surface area contributed by atoms with Crippen molar-refractivity contribution in [1.82, 2.24) is 34.7 Å². The lowest BCUT2D eigenvalue weighted by atomic mass is 10.1. The van der Waals surface area contributed by atoms with Gasteiger partial charge in [-0.15, -0.1) is 11.3 Å². The van der Waals surface area contributed by atoms with Crippen molar-refractivity contribution in [1.29, 1.82) is 0 Å². The van der Waals surface area contributed by atoms with Crippen LogP contribution in [0.15, 0.2) is 59.0 Å². The third-order valence-corrected chi connectivity index (χ3v) is 5.37. The molecule has 0 aliphatic rings. The predicted molar refractivity (Wildman–Crippen MR) is 108 cm³/mol. The first-order chi connectivity index (χ1) is 14.0. The predicted octanol–water partition coefficient (Wildman–Crippen LogP) is 1.78. The van der Waals surface area contributed by atoms with Crippen molar-refractivity contribution in [2.24, 2.45) is 7.05 Å². The van der Waals surface area contributed by atoms with E-state index in [0.29, 0.717) is 15.8 Å². The number of imidazole rings is 1. The molecular formula is C18H16ClN7O2S. The first-order valence-electron chi connectivity index (χ1n) is 8.61. The van der Waals surface area contributed by atoms with Crippen LogP contribution in [0.4, 0.5) is 0 Å². The maximum Gasteiger partial charge on any atom is 0.369 e. The van der Waals surface area contributed by atoms with E-state index in [2.05, 4.69) is 20.7 Å². The monoisotopic (exact) mass is 429 g/mol. The Balaban J connectivity index is 1.57. The Morgan fingerprint density at radius 2 is 2.03 bits per heavy atom. The van der Waals surface area contributed by atoms with Gasteiger partial charge < -0.3 is 9.88 Å². The molecule has 9 nitrogen and oxygen atoms in total. The highest BCUT2D eigenvalue weighted by Crippen LogP contribution is 2.22. The van der Waals surface area contributed by atoms with E-state index >= 15 is 0 Å². The molecule has 1 N–H and O–H groups in total. The third-order valence-electron chi connectivity index (χ3n) is 4.27. The van der Waals surface area contributed by atoms with Crippen molar-refractivity contribution >= 4 is 28.8 Å². The first-order valence-corrected chi connectivity index (χ1v) is 9.87. The highest BCUT2D eigenvalue weighted by atomic mass is 35.5. The molecule has 0 fully saturated rings. The maximum atomic E-state index is 12.7. The van der Waals surface area contributed by atoms with Crippen molar-refractivity contribution in [3.8, 4) is 5.00 Å². The minimum Gasteiger partial charge on any atom is -0.340 e. The lowest BCUT2D eigenvalue weighted by Crippen LogP contribution is -2.36. The van der Waals surface area contributed by atoms with Gasteiger partial charge in [-0.05, 0) is 45.6 Å². The molecule has 29 heavy (non-hydrogen) atoms. The van der Waals surface area contributed by atoms with Crippen LogP contribution in [0.25, 0.3) is 5.00 Å². The molecule has 1 atom stereocenters.